The van der Waals surface area contributed by atoms with Gasteiger partial charge in [-0.1, -0.05) is 72.8 Å². The Morgan fingerprint density at radius 2 is 1.67 bits per heavy atom. The molecule has 0 radical (unpaired) electrons. The van der Waals surface area contributed by atoms with E-state index in [9.17, 15) is 4.79 Å². The van der Waals surface area contributed by atoms with Gasteiger partial charge in [-0.3, -0.25) is 4.79 Å². The minimum absolute atomic E-state index is 0.179. The fraction of sp³-hybridized carbons (Fsp3) is 0.182. The number of benzene rings is 3. The van der Waals surface area contributed by atoms with E-state index < -0.39 is 9.75 Å². The van der Waals surface area contributed by atoms with Gasteiger partial charge in [-0.25, -0.2) is 5.43 Å². The van der Waals surface area contributed by atoms with Crippen molar-refractivity contribution >= 4 is 46.1 Å². The highest BCUT2D eigenvalue weighted by atomic mass is 35.5. The van der Waals surface area contributed by atoms with Crippen molar-refractivity contribution in [1.29, 1.82) is 0 Å². The third-order valence-corrected chi connectivity index (χ3v) is 5.96. The predicted octanol–water partition coefficient (Wildman–Crippen LogP) is 5.00. The van der Waals surface area contributed by atoms with E-state index in [4.69, 9.17) is 23.2 Å². The van der Waals surface area contributed by atoms with E-state index in [0.717, 1.165) is 21.9 Å². The van der Waals surface area contributed by atoms with Crippen LogP contribution in [0.15, 0.2) is 77.9 Å². The van der Waals surface area contributed by atoms with Gasteiger partial charge in [0.2, 0.25) is 5.91 Å². The minimum Gasteiger partial charge on any atom is -0.273 e. The fourth-order valence-corrected chi connectivity index (χ4v) is 4.18. The largest absolute Gasteiger partial charge is 0.273 e. The number of hydrogen-bond acceptors (Lipinski definition) is 2. The molecule has 27 heavy (non-hydrogen) atoms. The first-order chi connectivity index (χ1) is 13.0. The Morgan fingerprint density at radius 1 is 1.00 bits per heavy atom. The molecular formula is C22H18Cl2N2O. The van der Waals surface area contributed by atoms with E-state index in [1.807, 2.05) is 72.8 Å². The Morgan fingerprint density at radius 3 is 2.41 bits per heavy atom. The third-order valence-electron chi connectivity index (χ3n) is 5.02. The summed E-state index contributed by atoms with van der Waals surface area (Å²) in [5.41, 5.74) is 4.00. The molecule has 0 saturated heterocycles. The number of fused-ring (bicyclic) bond motifs is 1. The van der Waals surface area contributed by atoms with Crippen LogP contribution in [0.5, 0.6) is 0 Å². The van der Waals surface area contributed by atoms with Crippen LogP contribution < -0.4 is 5.43 Å². The quantitative estimate of drug-likeness (QED) is 0.368. The standard InChI is InChI=1S/C22H18Cl2N2O/c23-22(24)14-21(22,18-10-2-1-3-11-18)15-25-26-20(27)13-17-9-6-8-16-7-4-5-12-19(16)17/h1-12,15H,13-14H2,(H,26,27)/b25-15-/t21-/m0/s1. The molecule has 1 aliphatic carbocycles. The third kappa shape index (κ3) is 3.45. The average Bonchev–Trinajstić information content (AvgIpc) is 3.25. The van der Waals surface area contributed by atoms with Crippen molar-refractivity contribution in [2.45, 2.75) is 22.6 Å². The number of rotatable bonds is 5. The van der Waals surface area contributed by atoms with Gasteiger partial charge >= 0.3 is 0 Å². The molecule has 3 nitrogen and oxygen atoms in total. The summed E-state index contributed by atoms with van der Waals surface area (Å²) in [6.45, 7) is 0. The molecule has 3 aromatic carbocycles. The van der Waals surface area contributed by atoms with Crippen LogP contribution in [0.1, 0.15) is 17.5 Å². The SMILES string of the molecule is O=C(Cc1cccc2ccccc12)N/N=C\[C@]1(c2ccccc2)CC1(Cl)Cl. The summed E-state index contributed by atoms with van der Waals surface area (Å²) < 4.78 is -0.905. The van der Waals surface area contributed by atoms with Crippen LogP contribution in [0.4, 0.5) is 0 Å². The second kappa shape index (κ2) is 6.99. The number of amides is 1. The number of carbonyl (C=O) groups is 1. The summed E-state index contributed by atoms with van der Waals surface area (Å²) in [5.74, 6) is -0.179. The fourth-order valence-electron chi connectivity index (χ4n) is 3.44. The first kappa shape index (κ1) is 18.0. The number of hydrazone groups is 1. The molecule has 0 heterocycles. The molecule has 1 saturated carbocycles. The van der Waals surface area contributed by atoms with Gasteiger partial charge in [0.25, 0.3) is 0 Å². The van der Waals surface area contributed by atoms with Gasteiger partial charge in [0.1, 0.15) is 4.33 Å². The van der Waals surface area contributed by atoms with Gasteiger partial charge in [-0.15, -0.1) is 23.2 Å². The maximum absolute atomic E-state index is 12.4. The summed E-state index contributed by atoms with van der Waals surface area (Å²) in [6.07, 6.45) is 2.48. The molecule has 0 aliphatic heterocycles. The summed E-state index contributed by atoms with van der Waals surface area (Å²) in [7, 11) is 0. The Hall–Kier alpha value is -2.36. The maximum atomic E-state index is 12.4. The van der Waals surface area contributed by atoms with Gasteiger partial charge in [-0.2, -0.15) is 5.10 Å². The molecular weight excluding hydrogens is 379 g/mol. The summed E-state index contributed by atoms with van der Waals surface area (Å²) in [6, 6.07) is 23.7. The van der Waals surface area contributed by atoms with E-state index in [2.05, 4.69) is 10.5 Å². The van der Waals surface area contributed by atoms with Crippen molar-refractivity contribution in [1.82, 2.24) is 5.43 Å². The van der Waals surface area contributed by atoms with Crippen LogP contribution in [-0.2, 0) is 16.6 Å². The maximum Gasteiger partial charge on any atom is 0.244 e. The molecule has 4 rings (SSSR count). The number of nitrogens with zero attached hydrogens (tertiary/aromatic N) is 1. The zero-order chi connectivity index (χ0) is 18.9. The van der Waals surface area contributed by atoms with Crippen LogP contribution in [0.2, 0.25) is 0 Å². The van der Waals surface area contributed by atoms with Crippen LogP contribution in [0, 0.1) is 0 Å². The lowest BCUT2D eigenvalue weighted by molar-refractivity contribution is -0.120. The van der Waals surface area contributed by atoms with E-state index >= 15 is 0 Å². The summed E-state index contributed by atoms with van der Waals surface area (Å²) in [5, 5.41) is 6.34. The minimum atomic E-state index is -0.905. The lowest BCUT2D eigenvalue weighted by Crippen LogP contribution is -2.23. The van der Waals surface area contributed by atoms with E-state index in [0.29, 0.717) is 6.42 Å². The second-order valence-corrected chi connectivity index (χ2v) is 8.31. The van der Waals surface area contributed by atoms with Crippen LogP contribution in [-0.4, -0.2) is 16.5 Å². The Kier molecular flexibility index (Phi) is 4.67. The zero-order valence-electron chi connectivity index (χ0n) is 14.5. The topological polar surface area (TPSA) is 41.5 Å². The molecule has 1 atom stereocenters. The molecule has 1 fully saturated rings. The lowest BCUT2D eigenvalue weighted by Gasteiger charge is -2.13. The zero-order valence-corrected chi connectivity index (χ0v) is 16.0. The van der Waals surface area contributed by atoms with Crippen molar-refractivity contribution in [3.8, 4) is 0 Å². The average molecular weight is 397 g/mol. The van der Waals surface area contributed by atoms with Crippen molar-refractivity contribution < 1.29 is 4.79 Å². The lowest BCUT2D eigenvalue weighted by atomic mass is 9.97. The molecule has 5 heteroatoms. The van der Waals surface area contributed by atoms with Crippen molar-refractivity contribution in [3.05, 3.63) is 83.9 Å². The van der Waals surface area contributed by atoms with Gasteiger partial charge in [0, 0.05) is 6.21 Å². The molecule has 1 N–H and O–H groups in total. The van der Waals surface area contributed by atoms with Gasteiger partial charge in [0.15, 0.2) is 0 Å². The van der Waals surface area contributed by atoms with Crippen LogP contribution in [0.3, 0.4) is 0 Å². The van der Waals surface area contributed by atoms with Gasteiger partial charge in [0.05, 0.1) is 11.8 Å². The van der Waals surface area contributed by atoms with Crippen molar-refractivity contribution in [2.75, 3.05) is 0 Å². The number of nitrogens with one attached hydrogen (secondary N) is 1. The Balaban J connectivity index is 1.47. The van der Waals surface area contributed by atoms with E-state index in [1.165, 1.54) is 0 Å². The highest BCUT2D eigenvalue weighted by Crippen LogP contribution is 2.63. The first-order valence-electron chi connectivity index (χ1n) is 8.75. The Bertz CT molecular complexity index is 1010. The van der Waals surface area contributed by atoms with Crippen molar-refractivity contribution in [2.24, 2.45) is 5.10 Å². The molecule has 136 valence electrons. The normalized spacial score (nSPS) is 20.7. The molecule has 0 bridgehead atoms. The number of carbonyl (C=O) groups excluding carboxylic acids is 1. The molecule has 1 amide bonds. The monoisotopic (exact) mass is 396 g/mol. The van der Waals surface area contributed by atoms with E-state index in [-0.39, 0.29) is 12.3 Å². The highest BCUT2D eigenvalue weighted by molar-refractivity contribution is 6.53. The number of hydrogen-bond donors (Lipinski definition) is 1. The molecule has 0 spiro atoms. The number of halogens is 2. The van der Waals surface area contributed by atoms with Gasteiger partial charge < -0.3 is 0 Å². The second-order valence-electron chi connectivity index (χ2n) is 6.83. The molecule has 3 aromatic rings. The first-order valence-corrected chi connectivity index (χ1v) is 9.50. The highest BCUT2D eigenvalue weighted by Gasteiger charge is 2.66. The molecule has 1 aliphatic rings. The summed E-state index contributed by atoms with van der Waals surface area (Å²) in [4.78, 5) is 12.4. The summed E-state index contributed by atoms with van der Waals surface area (Å²) >= 11 is 12.7. The van der Waals surface area contributed by atoms with Crippen LogP contribution >= 0.6 is 23.2 Å². The smallest absolute Gasteiger partial charge is 0.244 e. The van der Waals surface area contributed by atoms with E-state index in [1.54, 1.807) is 6.21 Å². The van der Waals surface area contributed by atoms with Gasteiger partial charge in [-0.05, 0) is 28.3 Å². The predicted molar refractivity (Wildman–Crippen MR) is 111 cm³/mol. The number of alkyl halides is 2. The molecule has 0 aromatic heterocycles. The van der Waals surface area contributed by atoms with Crippen LogP contribution in [0.25, 0.3) is 10.8 Å². The van der Waals surface area contributed by atoms with Crippen molar-refractivity contribution in [3.63, 3.8) is 0 Å². The molecule has 0 unspecified atom stereocenters. The Labute approximate surface area is 168 Å².